The fraction of sp³-hybridized carbons (Fsp3) is 0.231. The highest BCUT2D eigenvalue weighted by Crippen LogP contribution is 2.28. The second kappa shape index (κ2) is 11.1. The molecule has 0 aromatic heterocycles. The SMILES string of the molecule is CCOC(=O)CC(CC=O)c1ccc(OCc2cccc(-c3ccccc3)c2)c(F)c1. The average molecular weight is 420 g/mol. The molecule has 0 N–H and O–H groups in total. The summed E-state index contributed by atoms with van der Waals surface area (Å²) < 4.78 is 25.3. The van der Waals surface area contributed by atoms with Crippen molar-refractivity contribution in [2.45, 2.75) is 32.3 Å². The molecule has 0 bridgehead atoms. The van der Waals surface area contributed by atoms with Crippen LogP contribution in [0.25, 0.3) is 11.1 Å². The van der Waals surface area contributed by atoms with Crippen molar-refractivity contribution in [3.63, 3.8) is 0 Å². The van der Waals surface area contributed by atoms with Crippen molar-refractivity contribution in [2.75, 3.05) is 6.61 Å². The lowest BCUT2D eigenvalue weighted by Gasteiger charge is -2.15. The predicted octanol–water partition coefficient (Wildman–Crippen LogP) is 5.70. The second-order valence-corrected chi connectivity index (χ2v) is 7.15. The molecule has 0 spiro atoms. The van der Waals surface area contributed by atoms with Gasteiger partial charge in [-0.3, -0.25) is 4.79 Å². The van der Waals surface area contributed by atoms with E-state index in [2.05, 4.69) is 0 Å². The zero-order chi connectivity index (χ0) is 22.1. The molecule has 1 atom stereocenters. The first-order valence-electron chi connectivity index (χ1n) is 10.3. The normalized spacial score (nSPS) is 11.5. The molecule has 0 aliphatic carbocycles. The van der Waals surface area contributed by atoms with Crippen LogP contribution in [-0.2, 0) is 20.9 Å². The van der Waals surface area contributed by atoms with Crippen LogP contribution < -0.4 is 4.74 Å². The van der Waals surface area contributed by atoms with E-state index in [1.807, 2.05) is 54.6 Å². The molecule has 0 amide bonds. The lowest BCUT2D eigenvalue weighted by Crippen LogP contribution is -2.11. The van der Waals surface area contributed by atoms with Crippen LogP contribution in [0.15, 0.2) is 72.8 Å². The molecule has 4 nitrogen and oxygen atoms in total. The van der Waals surface area contributed by atoms with Crippen LogP contribution in [0, 0.1) is 5.82 Å². The quantitative estimate of drug-likeness (QED) is 0.312. The molecule has 160 valence electrons. The summed E-state index contributed by atoms with van der Waals surface area (Å²) in [5, 5.41) is 0. The number of carbonyl (C=O) groups is 2. The molecule has 3 aromatic carbocycles. The molecule has 3 rings (SSSR count). The minimum atomic E-state index is -0.531. The topological polar surface area (TPSA) is 52.6 Å². The molecule has 1 unspecified atom stereocenters. The van der Waals surface area contributed by atoms with Gasteiger partial charge in [0.1, 0.15) is 12.9 Å². The summed E-state index contributed by atoms with van der Waals surface area (Å²) in [6.07, 6.45) is 0.870. The Morgan fingerprint density at radius 2 is 1.77 bits per heavy atom. The van der Waals surface area contributed by atoms with Crippen molar-refractivity contribution < 1.29 is 23.5 Å². The van der Waals surface area contributed by atoms with Gasteiger partial charge < -0.3 is 14.3 Å². The van der Waals surface area contributed by atoms with Crippen LogP contribution in [0.1, 0.15) is 36.8 Å². The Hall–Kier alpha value is -3.47. The first-order valence-corrected chi connectivity index (χ1v) is 10.3. The largest absolute Gasteiger partial charge is 0.486 e. The second-order valence-electron chi connectivity index (χ2n) is 7.15. The van der Waals surface area contributed by atoms with E-state index in [4.69, 9.17) is 9.47 Å². The molecule has 0 heterocycles. The molecular weight excluding hydrogens is 395 g/mol. The highest BCUT2D eigenvalue weighted by Gasteiger charge is 2.18. The monoisotopic (exact) mass is 420 g/mol. The molecule has 5 heteroatoms. The first kappa shape index (κ1) is 22.2. The third kappa shape index (κ3) is 6.25. The van der Waals surface area contributed by atoms with E-state index in [0.717, 1.165) is 23.0 Å². The van der Waals surface area contributed by atoms with Gasteiger partial charge in [-0.2, -0.15) is 0 Å². The van der Waals surface area contributed by atoms with Gasteiger partial charge >= 0.3 is 5.97 Å². The van der Waals surface area contributed by atoms with Crippen molar-refractivity contribution in [2.24, 2.45) is 0 Å². The van der Waals surface area contributed by atoms with Crippen molar-refractivity contribution in [1.29, 1.82) is 0 Å². The number of rotatable bonds is 10. The summed E-state index contributed by atoms with van der Waals surface area (Å²) in [5.74, 6) is -1.25. The summed E-state index contributed by atoms with van der Waals surface area (Å²) >= 11 is 0. The van der Waals surface area contributed by atoms with E-state index >= 15 is 0 Å². The van der Waals surface area contributed by atoms with Gasteiger partial charge in [0, 0.05) is 12.3 Å². The van der Waals surface area contributed by atoms with Crippen LogP contribution >= 0.6 is 0 Å². The number of ether oxygens (including phenoxy) is 2. The Balaban J connectivity index is 1.69. The van der Waals surface area contributed by atoms with Crippen LogP contribution in [-0.4, -0.2) is 18.9 Å². The van der Waals surface area contributed by atoms with Gasteiger partial charge in [-0.25, -0.2) is 4.39 Å². The summed E-state index contributed by atoms with van der Waals surface area (Å²) in [7, 11) is 0. The smallest absolute Gasteiger partial charge is 0.306 e. The van der Waals surface area contributed by atoms with E-state index in [0.29, 0.717) is 5.56 Å². The Kier molecular flexibility index (Phi) is 7.93. The summed E-state index contributed by atoms with van der Waals surface area (Å²) in [4.78, 5) is 22.8. The first-order chi connectivity index (χ1) is 15.1. The molecule has 31 heavy (non-hydrogen) atoms. The number of esters is 1. The van der Waals surface area contributed by atoms with Gasteiger partial charge in [-0.1, -0.05) is 54.6 Å². The zero-order valence-corrected chi connectivity index (χ0v) is 17.4. The highest BCUT2D eigenvalue weighted by molar-refractivity contribution is 5.71. The number of hydrogen-bond acceptors (Lipinski definition) is 4. The van der Waals surface area contributed by atoms with Crippen LogP contribution in [0.4, 0.5) is 4.39 Å². The van der Waals surface area contributed by atoms with E-state index in [1.54, 1.807) is 13.0 Å². The van der Waals surface area contributed by atoms with Crippen molar-refractivity contribution in [1.82, 2.24) is 0 Å². The molecule has 3 aromatic rings. The molecule has 0 saturated heterocycles. The van der Waals surface area contributed by atoms with Gasteiger partial charge in [0.05, 0.1) is 13.0 Å². The maximum atomic E-state index is 14.7. The Bertz CT molecular complexity index is 1020. The van der Waals surface area contributed by atoms with E-state index in [9.17, 15) is 14.0 Å². The van der Waals surface area contributed by atoms with Crippen molar-refractivity contribution in [3.8, 4) is 16.9 Å². The number of benzene rings is 3. The Morgan fingerprint density at radius 1 is 1.00 bits per heavy atom. The molecule has 0 aliphatic heterocycles. The maximum Gasteiger partial charge on any atom is 0.306 e. The third-order valence-corrected chi connectivity index (χ3v) is 4.95. The number of hydrogen-bond donors (Lipinski definition) is 0. The third-order valence-electron chi connectivity index (χ3n) is 4.95. The Labute approximate surface area is 181 Å². The zero-order valence-electron chi connectivity index (χ0n) is 17.4. The highest BCUT2D eigenvalue weighted by atomic mass is 19.1. The molecule has 0 saturated carbocycles. The fourth-order valence-corrected chi connectivity index (χ4v) is 3.39. The van der Waals surface area contributed by atoms with Crippen LogP contribution in [0.3, 0.4) is 0 Å². The molecular formula is C26H25FO4. The Morgan fingerprint density at radius 3 is 2.48 bits per heavy atom. The van der Waals surface area contributed by atoms with E-state index < -0.39 is 17.7 Å². The van der Waals surface area contributed by atoms with E-state index in [-0.39, 0.29) is 31.8 Å². The molecule has 0 fully saturated rings. The summed E-state index contributed by atoms with van der Waals surface area (Å²) in [6, 6.07) is 22.4. The summed E-state index contributed by atoms with van der Waals surface area (Å²) in [5.41, 5.74) is 3.65. The van der Waals surface area contributed by atoms with Gasteiger partial charge in [0.25, 0.3) is 0 Å². The number of aldehydes is 1. The van der Waals surface area contributed by atoms with Crippen molar-refractivity contribution in [3.05, 3.63) is 89.7 Å². The minimum absolute atomic E-state index is 0.0263. The summed E-state index contributed by atoms with van der Waals surface area (Å²) in [6.45, 7) is 2.20. The average Bonchev–Trinajstić information content (AvgIpc) is 2.79. The lowest BCUT2D eigenvalue weighted by molar-refractivity contribution is -0.143. The van der Waals surface area contributed by atoms with Crippen molar-refractivity contribution >= 4 is 12.3 Å². The van der Waals surface area contributed by atoms with Gasteiger partial charge in [0.15, 0.2) is 11.6 Å². The van der Waals surface area contributed by atoms with Crippen LogP contribution in [0.5, 0.6) is 5.75 Å². The van der Waals surface area contributed by atoms with Gasteiger partial charge in [-0.05, 0) is 47.4 Å². The number of carbonyl (C=O) groups excluding carboxylic acids is 2. The van der Waals surface area contributed by atoms with E-state index in [1.165, 1.54) is 12.1 Å². The standard InChI is InChI=1S/C26H25FO4/c1-2-30-26(29)17-23(13-14-28)22-11-12-25(24(27)16-22)31-18-19-7-6-10-21(15-19)20-8-4-3-5-9-20/h3-12,14-16,23H,2,13,17-18H2,1H3. The lowest BCUT2D eigenvalue weighted by atomic mass is 9.93. The number of halogens is 1. The predicted molar refractivity (Wildman–Crippen MR) is 117 cm³/mol. The van der Waals surface area contributed by atoms with Gasteiger partial charge in [-0.15, -0.1) is 0 Å². The van der Waals surface area contributed by atoms with Gasteiger partial charge in [0.2, 0.25) is 0 Å². The molecule has 0 aliphatic rings. The minimum Gasteiger partial charge on any atom is -0.486 e. The van der Waals surface area contributed by atoms with Crippen LogP contribution in [0.2, 0.25) is 0 Å². The fourth-order valence-electron chi connectivity index (χ4n) is 3.39. The maximum absolute atomic E-state index is 14.7. The molecule has 0 radical (unpaired) electrons.